The summed E-state index contributed by atoms with van der Waals surface area (Å²) < 4.78 is 0. The van der Waals surface area contributed by atoms with Crippen LogP contribution in [0.3, 0.4) is 0 Å². The van der Waals surface area contributed by atoms with Gasteiger partial charge < -0.3 is 20.4 Å². The van der Waals surface area contributed by atoms with Gasteiger partial charge in [-0.1, -0.05) is 6.58 Å². The number of aliphatic carboxylic acids is 1. The smallest absolute Gasteiger partial charge is 0.336 e. The predicted molar refractivity (Wildman–Crippen MR) is 43.0 cm³/mol. The van der Waals surface area contributed by atoms with E-state index < -0.39 is 23.8 Å². The molecule has 1 rings (SSSR count). The molecule has 0 aromatic heterocycles. The molecule has 0 bridgehead atoms. The topological polar surface area (TPSA) is 98.0 Å². The Morgan fingerprint density at radius 2 is 2.08 bits per heavy atom. The zero-order chi connectivity index (χ0) is 10.2. The van der Waals surface area contributed by atoms with Crippen molar-refractivity contribution in [1.29, 1.82) is 0 Å². The summed E-state index contributed by atoms with van der Waals surface area (Å²) in [6.45, 7) is 3.39. The monoisotopic (exact) mass is 188 g/mol. The minimum absolute atomic E-state index is 0.142. The lowest BCUT2D eigenvalue weighted by molar-refractivity contribution is -0.167. The van der Waals surface area contributed by atoms with E-state index in [4.69, 9.17) is 5.11 Å². The minimum Gasteiger partial charge on any atom is -0.479 e. The van der Waals surface area contributed by atoms with Crippen LogP contribution in [0.25, 0.3) is 0 Å². The highest BCUT2D eigenvalue weighted by Crippen LogP contribution is 2.31. The minimum atomic E-state index is -1.99. The second-order valence-corrected chi connectivity index (χ2v) is 3.39. The summed E-state index contributed by atoms with van der Waals surface area (Å²) >= 11 is 0. The van der Waals surface area contributed by atoms with Gasteiger partial charge in [0.1, 0.15) is 6.10 Å². The third-order valence-corrected chi connectivity index (χ3v) is 2.25. The standard InChI is InChI=1S/C8H12O5/c1-4-2-8(13,7(11)12)3-5(9)6(4)10/h5-6,9-10,13H,1-3H2,(H,11,12). The molecule has 1 aliphatic rings. The zero-order valence-corrected chi connectivity index (χ0v) is 6.97. The van der Waals surface area contributed by atoms with Crippen molar-refractivity contribution in [2.45, 2.75) is 30.7 Å². The van der Waals surface area contributed by atoms with E-state index in [9.17, 15) is 20.1 Å². The number of carboxylic acid groups (broad SMARTS) is 1. The molecule has 0 spiro atoms. The molecule has 0 amide bonds. The molecule has 0 heterocycles. The zero-order valence-electron chi connectivity index (χ0n) is 6.97. The molecule has 13 heavy (non-hydrogen) atoms. The van der Waals surface area contributed by atoms with Gasteiger partial charge in [0.2, 0.25) is 0 Å². The molecule has 1 fully saturated rings. The average Bonchev–Trinajstić information content (AvgIpc) is 2.00. The average molecular weight is 188 g/mol. The maximum Gasteiger partial charge on any atom is 0.336 e. The van der Waals surface area contributed by atoms with Crippen LogP contribution in [0.4, 0.5) is 0 Å². The van der Waals surface area contributed by atoms with Crippen molar-refractivity contribution in [3.05, 3.63) is 12.2 Å². The Balaban J connectivity index is 2.85. The van der Waals surface area contributed by atoms with Gasteiger partial charge in [-0.3, -0.25) is 0 Å². The Morgan fingerprint density at radius 3 is 2.46 bits per heavy atom. The predicted octanol–water partition coefficient (Wildman–Crippen LogP) is -1.13. The fourth-order valence-corrected chi connectivity index (χ4v) is 1.44. The van der Waals surface area contributed by atoms with Gasteiger partial charge in [0.15, 0.2) is 5.60 Å². The summed E-state index contributed by atoms with van der Waals surface area (Å²) in [5.41, 5.74) is -1.85. The van der Waals surface area contributed by atoms with Crippen LogP contribution in [0, 0.1) is 0 Å². The Bertz CT molecular complexity index is 249. The van der Waals surface area contributed by atoms with Crippen LogP contribution in [0.5, 0.6) is 0 Å². The first-order valence-electron chi connectivity index (χ1n) is 3.86. The van der Waals surface area contributed by atoms with Gasteiger partial charge in [-0.2, -0.15) is 0 Å². The number of rotatable bonds is 1. The molecule has 4 N–H and O–H groups in total. The van der Waals surface area contributed by atoms with Crippen LogP contribution in [-0.4, -0.2) is 44.2 Å². The van der Waals surface area contributed by atoms with Crippen molar-refractivity contribution in [3.8, 4) is 0 Å². The largest absolute Gasteiger partial charge is 0.479 e. The molecule has 5 nitrogen and oxygen atoms in total. The van der Waals surface area contributed by atoms with E-state index in [0.717, 1.165) is 0 Å². The van der Waals surface area contributed by atoms with Crippen LogP contribution < -0.4 is 0 Å². The van der Waals surface area contributed by atoms with E-state index in [1.807, 2.05) is 0 Å². The molecule has 1 saturated carbocycles. The fourth-order valence-electron chi connectivity index (χ4n) is 1.44. The van der Waals surface area contributed by atoms with E-state index >= 15 is 0 Å². The summed E-state index contributed by atoms with van der Waals surface area (Å²) in [5.74, 6) is -1.40. The Morgan fingerprint density at radius 1 is 1.54 bits per heavy atom. The normalized spacial score (nSPS) is 40.4. The third-order valence-electron chi connectivity index (χ3n) is 2.25. The van der Waals surface area contributed by atoms with Crippen molar-refractivity contribution in [2.75, 3.05) is 0 Å². The molecule has 0 aliphatic heterocycles. The Hall–Kier alpha value is -0.910. The molecular formula is C8H12O5. The van der Waals surface area contributed by atoms with Crippen LogP contribution in [0.1, 0.15) is 12.8 Å². The van der Waals surface area contributed by atoms with Crippen molar-refractivity contribution in [2.24, 2.45) is 0 Å². The molecule has 74 valence electrons. The number of aliphatic hydroxyl groups excluding tert-OH is 2. The van der Waals surface area contributed by atoms with E-state index in [0.29, 0.717) is 0 Å². The van der Waals surface area contributed by atoms with Crippen LogP contribution in [-0.2, 0) is 4.79 Å². The Kier molecular flexibility index (Phi) is 2.42. The van der Waals surface area contributed by atoms with Crippen LogP contribution >= 0.6 is 0 Å². The fraction of sp³-hybridized carbons (Fsp3) is 0.625. The van der Waals surface area contributed by atoms with Crippen molar-refractivity contribution in [1.82, 2.24) is 0 Å². The van der Waals surface area contributed by atoms with E-state index in [1.165, 1.54) is 0 Å². The second kappa shape index (κ2) is 3.10. The number of aliphatic hydroxyl groups is 3. The van der Waals surface area contributed by atoms with E-state index in [-0.39, 0.29) is 18.4 Å². The molecule has 0 radical (unpaired) electrons. The molecule has 0 saturated heterocycles. The summed E-state index contributed by atoms with van der Waals surface area (Å²) in [7, 11) is 0. The lowest BCUT2D eigenvalue weighted by Gasteiger charge is -2.35. The maximum absolute atomic E-state index is 10.6. The summed E-state index contributed by atoms with van der Waals surface area (Å²) in [6, 6.07) is 0. The molecule has 5 heteroatoms. The number of hydrogen-bond donors (Lipinski definition) is 4. The first-order chi connectivity index (χ1) is 5.87. The molecule has 3 atom stereocenters. The highest BCUT2D eigenvalue weighted by molar-refractivity contribution is 5.78. The number of carboxylic acids is 1. The van der Waals surface area contributed by atoms with E-state index in [1.54, 1.807) is 0 Å². The van der Waals surface area contributed by atoms with Gasteiger partial charge in [-0.05, 0) is 5.57 Å². The van der Waals surface area contributed by atoms with Crippen molar-refractivity contribution < 1.29 is 25.2 Å². The number of hydrogen-bond acceptors (Lipinski definition) is 4. The van der Waals surface area contributed by atoms with Gasteiger partial charge in [0.25, 0.3) is 0 Å². The lowest BCUT2D eigenvalue weighted by Crippen LogP contribution is -2.50. The SMILES string of the molecule is C=C1CC(O)(C(=O)O)CC(O)C1O. The maximum atomic E-state index is 10.6. The highest BCUT2D eigenvalue weighted by Gasteiger charge is 2.45. The summed E-state index contributed by atoms with van der Waals surface area (Å²) in [5, 5.41) is 36.5. The Labute approximate surface area is 74.9 Å². The highest BCUT2D eigenvalue weighted by atomic mass is 16.4. The van der Waals surface area contributed by atoms with Gasteiger partial charge in [-0.25, -0.2) is 4.79 Å². The number of carbonyl (C=O) groups is 1. The first kappa shape index (κ1) is 10.2. The molecule has 0 aromatic rings. The quantitative estimate of drug-likeness (QED) is 0.390. The lowest BCUT2D eigenvalue weighted by atomic mass is 9.79. The molecule has 3 unspecified atom stereocenters. The van der Waals surface area contributed by atoms with Gasteiger partial charge in [0, 0.05) is 12.8 Å². The van der Waals surface area contributed by atoms with Gasteiger partial charge in [-0.15, -0.1) is 0 Å². The first-order valence-corrected chi connectivity index (χ1v) is 3.86. The third kappa shape index (κ3) is 1.72. The van der Waals surface area contributed by atoms with Crippen LogP contribution in [0.2, 0.25) is 0 Å². The summed E-state index contributed by atoms with van der Waals surface area (Å²) in [6.07, 6.45) is -3.00. The van der Waals surface area contributed by atoms with Gasteiger partial charge >= 0.3 is 5.97 Å². The van der Waals surface area contributed by atoms with Gasteiger partial charge in [0.05, 0.1) is 6.10 Å². The van der Waals surface area contributed by atoms with Crippen LogP contribution in [0.15, 0.2) is 12.2 Å². The molecular weight excluding hydrogens is 176 g/mol. The summed E-state index contributed by atoms with van der Waals surface area (Å²) in [4.78, 5) is 10.6. The van der Waals surface area contributed by atoms with Crippen molar-refractivity contribution in [3.63, 3.8) is 0 Å². The molecule has 0 aromatic carbocycles. The second-order valence-electron chi connectivity index (χ2n) is 3.39. The van der Waals surface area contributed by atoms with E-state index in [2.05, 4.69) is 6.58 Å². The molecule has 1 aliphatic carbocycles. The van der Waals surface area contributed by atoms with Crippen molar-refractivity contribution >= 4 is 5.97 Å².